The molecule has 0 aromatic rings. The van der Waals surface area contributed by atoms with E-state index in [4.69, 9.17) is 0 Å². The molecule has 0 aromatic heterocycles. The van der Waals surface area contributed by atoms with Gasteiger partial charge in [-0.2, -0.15) is 0 Å². The van der Waals surface area contributed by atoms with Crippen LogP contribution >= 0.6 is 22.6 Å². The van der Waals surface area contributed by atoms with Crippen LogP contribution in [0.15, 0.2) is 11.8 Å². The summed E-state index contributed by atoms with van der Waals surface area (Å²) in [6.45, 7) is 4.63. The third-order valence-corrected chi connectivity index (χ3v) is 4.25. The summed E-state index contributed by atoms with van der Waals surface area (Å²) in [4.78, 5) is 2.25. The zero-order chi connectivity index (χ0) is 9.30. The monoisotopic (exact) mass is 279 g/mol. The molecule has 1 rings (SSSR count). The Hall–Kier alpha value is 0.270. The maximum atomic E-state index is 2.57. The van der Waals surface area contributed by atoms with Crippen LogP contribution in [0.4, 0.5) is 0 Å². The number of halogens is 1. The van der Waals surface area contributed by atoms with Gasteiger partial charge in [0.15, 0.2) is 0 Å². The van der Waals surface area contributed by atoms with Gasteiger partial charge >= 0.3 is 0 Å². The number of hydrogen-bond acceptors (Lipinski definition) is 1. The molecule has 0 amide bonds. The van der Waals surface area contributed by atoms with Gasteiger partial charge in [-0.15, -0.1) is 0 Å². The van der Waals surface area contributed by atoms with Crippen LogP contribution in [0.25, 0.3) is 0 Å². The average molecular weight is 279 g/mol. The molecule has 0 fully saturated rings. The topological polar surface area (TPSA) is 3.24 Å². The zero-order valence-electron chi connectivity index (χ0n) is 8.34. The fourth-order valence-electron chi connectivity index (χ4n) is 1.80. The van der Waals surface area contributed by atoms with Crippen LogP contribution < -0.4 is 0 Å². The summed E-state index contributed by atoms with van der Waals surface area (Å²) in [7, 11) is 4.28. The Morgan fingerprint density at radius 1 is 1.42 bits per heavy atom. The lowest BCUT2D eigenvalue weighted by Gasteiger charge is -2.32. The summed E-state index contributed by atoms with van der Waals surface area (Å²) in [6.07, 6.45) is 3.75. The second-order valence-electron chi connectivity index (χ2n) is 4.00. The molecule has 2 heteroatoms. The largest absolute Gasteiger partial charge is 0.381 e. The molecule has 0 aliphatic heterocycles. The van der Waals surface area contributed by atoms with Crippen molar-refractivity contribution in [2.75, 3.05) is 14.1 Å². The summed E-state index contributed by atoms with van der Waals surface area (Å²) in [6, 6.07) is 0. The molecule has 0 heterocycles. The van der Waals surface area contributed by atoms with Gasteiger partial charge in [0.2, 0.25) is 0 Å². The Labute approximate surface area is 89.3 Å². The number of alkyl halides is 1. The number of allylic oxidation sites excluding steroid dienone is 2. The van der Waals surface area contributed by atoms with Crippen molar-refractivity contribution in [3.8, 4) is 0 Å². The molecule has 12 heavy (non-hydrogen) atoms. The summed E-state index contributed by atoms with van der Waals surface area (Å²) < 4.78 is 0.821. The Balaban J connectivity index is 2.78. The first-order valence-electron chi connectivity index (χ1n) is 4.55. The predicted octanol–water partition coefficient (Wildman–Crippen LogP) is 2.91. The lowest BCUT2D eigenvalue weighted by atomic mass is 9.87. The molecule has 70 valence electrons. The van der Waals surface area contributed by atoms with Gasteiger partial charge in [-0.05, 0) is 18.3 Å². The standard InChI is InChI=1S/C10H18IN/c1-7-6-10(12(3)4)8(2)5-9(7)11/h6-9H,5H2,1-4H3. The Bertz CT molecular complexity index is 186. The maximum absolute atomic E-state index is 2.57. The van der Waals surface area contributed by atoms with Gasteiger partial charge in [0.25, 0.3) is 0 Å². The van der Waals surface area contributed by atoms with Crippen molar-refractivity contribution in [1.29, 1.82) is 0 Å². The molecule has 1 aliphatic rings. The second-order valence-corrected chi connectivity index (χ2v) is 5.60. The van der Waals surface area contributed by atoms with Crippen molar-refractivity contribution in [1.82, 2.24) is 4.90 Å². The minimum atomic E-state index is 0.734. The van der Waals surface area contributed by atoms with Gasteiger partial charge in [0, 0.05) is 23.7 Å². The molecule has 0 saturated heterocycles. The van der Waals surface area contributed by atoms with E-state index < -0.39 is 0 Å². The van der Waals surface area contributed by atoms with Crippen LogP contribution in [0.2, 0.25) is 0 Å². The molecule has 0 saturated carbocycles. The first kappa shape index (κ1) is 10.4. The summed E-state index contributed by atoms with van der Waals surface area (Å²) in [5.41, 5.74) is 1.51. The lowest BCUT2D eigenvalue weighted by Crippen LogP contribution is -2.27. The first-order chi connectivity index (χ1) is 5.52. The summed E-state index contributed by atoms with van der Waals surface area (Å²) in [5.74, 6) is 1.47. The maximum Gasteiger partial charge on any atom is 0.0177 e. The summed E-state index contributed by atoms with van der Waals surface area (Å²) >= 11 is 2.57. The molecule has 1 aliphatic carbocycles. The molecular formula is C10H18IN. The van der Waals surface area contributed by atoms with E-state index in [1.165, 1.54) is 12.1 Å². The highest BCUT2D eigenvalue weighted by atomic mass is 127. The molecule has 1 nitrogen and oxygen atoms in total. The van der Waals surface area contributed by atoms with Crippen molar-refractivity contribution >= 4 is 22.6 Å². The minimum Gasteiger partial charge on any atom is -0.381 e. The van der Waals surface area contributed by atoms with Gasteiger partial charge in [-0.25, -0.2) is 0 Å². The molecule has 3 atom stereocenters. The van der Waals surface area contributed by atoms with Gasteiger partial charge in [-0.3, -0.25) is 0 Å². The molecule has 0 aromatic carbocycles. The van der Waals surface area contributed by atoms with Gasteiger partial charge < -0.3 is 4.90 Å². The smallest absolute Gasteiger partial charge is 0.0177 e. The van der Waals surface area contributed by atoms with E-state index in [9.17, 15) is 0 Å². The van der Waals surface area contributed by atoms with Crippen LogP contribution in [0.5, 0.6) is 0 Å². The van der Waals surface area contributed by atoms with Crippen LogP contribution in [0.3, 0.4) is 0 Å². The average Bonchev–Trinajstić information content (AvgIpc) is 1.96. The van der Waals surface area contributed by atoms with E-state index in [-0.39, 0.29) is 0 Å². The molecular weight excluding hydrogens is 261 g/mol. The highest BCUT2D eigenvalue weighted by Gasteiger charge is 2.24. The molecule has 0 N–H and O–H groups in total. The highest BCUT2D eigenvalue weighted by molar-refractivity contribution is 14.1. The van der Waals surface area contributed by atoms with E-state index in [2.05, 4.69) is 61.5 Å². The number of hydrogen-bond donors (Lipinski definition) is 0. The van der Waals surface area contributed by atoms with Crippen molar-refractivity contribution in [3.63, 3.8) is 0 Å². The van der Waals surface area contributed by atoms with Crippen molar-refractivity contribution < 1.29 is 0 Å². The Kier molecular flexibility index (Phi) is 3.44. The van der Waals surface area contributed by atoms with Crippen molar-refractivity contribution in [3.05, 3.63) is 11.8 Å². The molecule has 0 spiro atoms. The van der Waals surface area contributed by atoms with Crippen LogP contribution in [-0.2, 0) is 0 Å². The fraction of sp³-hybridized carbons (Fsp3) is 0.800. The second kappa shape index (κ2) is 3.99. The molecule has 0 bridgehead atoms. The number of nitrogens with zero attached hydrogens (tertiary/aromatic N) is 1. The highest BCUT2D eigenvalue weighted by Crippen LogP contribution is 2.33. The SMILES string of the molecule is CC1CC(I)C(C)C=C1N(C)C. The molecule has 3 unspecified atom stereocenters. The molecule has 0 radical (unpaired) electrons. The Morgan fingerprint density at radius 3 is 2.50 bits per heavy atom. The summed E-state index contributed by atoms with van der Waals surface area (Å²) in [5, 5.41) is 0. The minimum absolute atomic E-state index is 0.734. The lowest BCUT2D eigenvalue weighted by molar-refractivity contribution is 0.377. The van der Waals surface area contributed by atoms with E-state index in [0.29, 0.717) is 0 Å². The number of rotatable bonds is 1. The van der Waals surface area contributed by atoms with Crippen LogP contribution in [0.1, 0.15) is 20.3 Å². The zero-order valence-corrected chi connectivity index (χ0v) is 10.5. The third kappa shape index (κ3) is 2.15. The van der Waals surface area contributed by atoms with E-state index in [1.807, 2.05) is 0 Å². The van der Waals surface area contributed by atoms with Crippen LogP contribution in [0, 0.1) is 11.8 Å². The predicted molar refractivity (Wildman–Crippen MR) is 62.5 cm³/mol. The van der Waals surface area contributed by atoms with Crippen molar-refractivity contribution in [2.45, 2.75) is 24.2 Å². The van der Waals surface area contributed by atoms with E-state index >= 15 is 0 Å². The van der Waals surface area contributed by atoms with Crippen LogP contribution in [-0.4, -0.2) is 22.9 Å². The third-order valence-electron chi connectivity index (χ3n) is 2.60. The fourth-order valence-corrected chi connectivity index (χ4v) is 2.77. The normalized spacial score (nSPS) is 36.1. The first-order valence-corrected chi connectivity index (χ1v) is 5.80. The van der Waals surface area contributed by atoms with Gasteiger partial charge in [-0.1, -0.05) is 42.5 Å². The van der Waals surface area contributed by atoms with Gasteiger partial charge in [0.1, 0.15) is 0 Å². The quantitative estimate of drug-likeness (QED) is 0.527. The van der Waals surface area contributed by atoms with E-state index in [1.54, 1.807) is 0 Å². The van der Waals surface area contributed by atoms with Crippen molar-refractivity contribution in [2.24, 2.45) is 11.8 Å². The van der Waals surface area contributed by atoms with Gasteiger partial charge in [0.05, 0.1) is 0 Å². The van der Waals surface area contributed by atoms with E-state index in [0.717, 1.165) is 15.8 Å². The Morgan fingerprint density at radius 2 is 2.00 bits per heavy atom.